The number of hydrogen-bond acceptors (Lipinski definition) is 3. The molecule has 1 amide bonds. The monoisotopic (exact) mass is 253 g/mol. The van der Waals surface area contributed by atoms with Gasteiger partial charge in [-0.15, -0.1) is 0 Å². The van der Waals surface area contributed by atoms with Crippen molar-refractivity contribution in [2.45, 2.75) is 57.7 Å². The minimum atomic E-state index is 0.0472. The predicted octanol–water partition coefficient (Wildman–Crippen LogP) is 1.07. The third kappa shape index (κ3) is 3.23. The van der Waals surface area contributed by atoms with E-state index in [0.717, 1.165) is 25.9 Å². The van der Waals surface area contributed by atoms with Gasteiger partial charge in [-0.05, 0) is 39.3 Å². The Morgan fingerprint density at radius 3 is 2.61 bits per heavy atom. The lowest BCUT2D eigenvalue weighted by atomic mass is 9.98. The van der Waals surface area contributed by atoms with Crippen LogP contribution >= 0.6 is 0 Å². The van der Waals surface area contributed by atoms with E-state index in [2.05, 4.69) is 36.0 Å². The van der Waals surface area contributed by atoms with Crippen molar-refractivity contribution < 1.29 is 4.79 Å². The fourth-order valence-corrected chi connectivity index (χ4v) is 3.21. The maximum Gasteiger partial charge on any atom is 0.240 e. The van der Waals surface area contributed by atoms with Crippen LogP contribution in [0.5, 0.6) is 0 Å². The molecule has 0 bridgehead atoms. The molecule has 18 heavy (non-hydrogen) atoms. The Morgan fingerprint density at radius 2 is 1.94 bits per heavy atom. The number of nitrogens with zero attached hydrogens (tertiary/aromatic N) is 2. The number of likely N-dealkylation sites (N-methyl/N-ethyl adjacent to an activating group) is 1. The van der Waals surface area contributed by atoms with Crippen LogP contribution in [-0.4, -0.2) is 60.5 Å². The topological polar surface area (TPSA) is 35.6 Å². The largest absolute Gasteiger partial charge is 0.337 e. The van der Waals surface area contributed by atoms with E-state index in [1.165, 1.54) is 19.4 Å². The molecular formula is C14H27N3O. The van der Waals surface area contributed by atoms with Gasteiger partial charge in [-0.3, -0.25) is 4.79 Å². The molecule has 2 rings (SSSR count). The van der Waals surface area contributed by atoms with Gasteiger partial charge in [-0.2, -0.15) is 0 Å². The van der Waals surface area contributed by atoms with Gasteiger partial charge < -0.3 is 15.1 Å². The third-order valence-electron chi connectivity index (χ3n) is 4.05. The number of likely N-dealkylation sites (tertiary alicyclic amines) is 2. The van der Waals surface area contributed by atoms with Crippen LogP contribution in [0.4, 0.5) is 0 Å². The Bertz CT molecular complexity index is 293. The zero-order valence-electron chi connectivity index (χ0n) is 12.0. The van der Waals surface area contributed by atoms with Crippen molar-refractivity contribution in [3.8, 4) is 0 Å². The normalized spacial score (nSPS) is 31.1. The number of amides is 1. The number of piperidine rings is 2. The summed E-state index contributed by atoms with van der Waals surface area (Å²) in [5.41, 5.74) is 0. The van der Waals surface area contributed by atoms with Crippen LogP contribution < -0.4 is 5.32 Å². The standard InChI is InChI=1S/C14H27N3O/c1-11(2)15-13-7-5-9-17(14(13)18)12-6-4-8-16(3)10-12/h11-13,15H,4-10H2,1-3H3. The zero-order chi connectivity index (χ0) is 13.1. The molecule has 2 aliphatic heterocycles. The molecule has 0 aromatic carbocycles. The van der Waals surface area contributed by atoms with Crippen LogP contribution in [0.2, 0.25) is 0 Å². The first-order valence-corrected chi connectivity index (χ1v) is 7.33. The Hall–Kier alpha value is -0.610. The zero-order valence-corrected chi connectivity index (χ0v) is 12.0. The molecule has 2 aliphatic rings. The van der Waals surface area contributed by atoms with Gasteiger partial charge in [0.15, 0.2) is 0 Å². The minimum Gasteiger partial charge on any atom is -0.337 e. The summed E-state index contributed by atoms with van der Waals surface area (Å²) in [5.74, 6) is 0.329. The van der Waals surface area contributed by atoms with Crippen molar-refractivity contribution in [3.63, 3.8) is 0 Å². The molecular weight excluding hydrogens is 226 g/mol. The van der Waals surface area contributed by atoms with Crippen molar-refractivity contribution in [2.24, 2.45) is 0 Å². The summed E-state index contributed by atoms with van der Waals surface area (Å²) in [5, 5.41) is 3.41. The average molecular weight is 253 g/mol. The van der Waals surface area contributed by atoms with Crippen LogP contribution in [-0.2, 0) is 4.79 Å². The fourth-order valence-electron chi connectivity index (χ4n) is 3.21. The van der Waals surface area contributed by atoms with Crippen LogP contribution in [0, 0.1) is 0 Å². The average Bonchev–Trinajstić information content (AvgIpc) is 2.31. The summed E-state index contributed by atoms with van der Waals surface area (Å²) in [6.45, 7) is 7.39. The Morgan fingerprint density at radius 1 is 1.22 bits per heavy atom. The highest BCUT2D eigenvalue weighted by Crippen LogP contribution is 2.21. The van der Waals surface area contributed by atoms with E-state index in [1.54, 1.807) is 0 Å². The molecule has 0 radical (unpaired) electrons. The lowest BCUT2D eigenvalue weighted by Gasteiger charge is -2.42. The van der Waals surface area contributed by atoms with Gasteiger partial charge in [0, 0.05) is 25.2 Å². The van der Waals surface area contributed by atoms with E-state index in [0.29, 0.717) is 18.0 Å². The van der Waals surface area contributed by atoms with E-state index < -0.39 is 0 Å². The van der Waals surface area contributed by atoms with Gasteiger partial charge in [0.25, 0.3) is 0 Å². The molecule has 0 aliphatic carbocycles. The van der Waals surface area contributed by atoms with Gasteiger partial charge in [0.1, 0.15) is 0 Å². The molecule has 2 unspecified atom stereocenters. The number of carbonyl (C=O) groups excluding carboxylic acids is 1. The lowest BCUT2D eigenvalue weighted by molar-refractivity contribution is -0.139. The van der Waals surface area contributed by atoms with Crippen LogP contribution in [0.25, 0.3) is 0 Å². The number of nitrogens with one attached hydrogen (secondary N) is 1. The smallest absolute Gasteiger partial charge is 0.240 e. The summed E-state index contributed by atoms with van der Waals surface area (Å²) >= 11 is 0. The summed E-state index contributed by atoms with van der Waals surface area (Å²) in [7, 11) is 2.16. The SMILES string of the molecule is CC(C)NC1CCCN(C2CCCN(C)C2)C1=O. The van der Waals surface area contributed by atoms with E-state index in [-0.39, 0.29) is 6.04 Å². The quantitative estimate of drug-likeness (QED) is 0.817. The van der Waals surface area contributed by atoms with Crippen molar-refractivity contribution in [1.29, 1.82) is 0 Å². The second-order valence-electron chi connectivity index (χ2n) is 6.11. The van der Waals surface area contributed by atoms with Crippen molar-refractivity contribution in [3.05, 3.63) is 0 Å². The second kappa shape index (κ2) is 6.02. The predicted molar refractivity (Wildman–Crippen MR) is 73.5 cm³/mol. The van der Waals surface area contributed by atoms with Crippen LogP contribution in [0.1, 0.15) is 39.5 Å². The van der Waals surface area contributed by atoms with Gasteiger partial charge in [0.2, 0.25) is 5.91 Å². The Labute approximate surface area is 111 Å². The maximum atomic E-state index is 12.5. The number of hydrogen-bond donors (Lipinski definition) is 1. The molecule has 1 N–H and O–H groups in total. The molecule has 4 heteroatoms. The molecule has 104 valence electrons. The van der Waals surface area contributed by atoms with E-state index in [1.807, 2.05) is 0 Å². The molecule has 2 atom stereocenters. The highest BCUT2D eigenvalue weighted by Gasteiger charge is 2.34. The first kappa shape index (κ1) is 13.8. The highest BCUT2D eigenvalue weighted by molar-refractivity contribution is 5.83. The fraction of sp³-hybridized carbons (Fsp3) is 0.929. The van der Waals surface area contributed by atoms with Crippen LogP contribution in [0.15, 0.2) is 0 Å². The lowest BCUT2D eigenvalue weighted by Crippen LogP contribution is -2.58. The summed E-state index contributed by atoms with van der Waals surface area (Å²) < 4.78 is 0. The molecule has 0 aromatic heterocycles. The summed E-state index contributed by atoms with van der Waals surface area (Å²) in [6, 6.07) is 0.868. The summed E-state index contributed by atoms with van der Waals surface area (Å²) in [6.07, 6.45) is 4.52. The molecule has 2 saturated heterocycles. The van der Waals surface area contributed by atoms with Crippen molar-refractivity contribution >= 4 is 5.91 Å². The molecule has 0 spiro atoms. The Balaban J connectivity index is 1.97. The van der Waals surface area contributed by atoms with Gasteiger partial charge in [-0.25, -0.2) is 0 Å². The van der Waals surface area contributed by atoms with Gasteiger partial charge >= 0.3 is 0 Å². The first-order valence-electron chi connectivity index (χ1n) is 7.33. The van der Waals surface area contributed by atoms with Gasteiger partial charge in [-0.1, -0.05) is 13.8 Å². The maximum absolute atomic E-state index is 12.5. The van der Waals surface area contributed by atoms with Gasteiger partial charge in [0.05, 0.1) is 6.04 Å². The van der Waals surface area contributed by atoms with Crippen LogP contribution in [0.3, 0.4) is 0 Å². The van der Waals surface area contributed by atoms with E-state index in [9.17, 15) is 4.79 Å². The molecule has 4 nitrogen and oxygen atoms in total. The van der Waals surface area contributed by atoms with E-state index >= 15 is 0 Å². The molecule has 2 fully saturated rings. The first-order chi connectivity index (χ1) is 8.58. The Kier molecular flexibility index (Phi) is 4.62. The van der Waals surface area contributed by atoms with E-state index in [4.69, 9.17) is 0 Å². The number of rotatable bonds is 3. The highest BCUT2D eigenvalue weighted by atomic mass is 16.2. The molecule has 2 heterocycles. The second-order valence-corrected chi connectivity index (χ2v) is 6.11. The third-order valence-corrected chi connectivity index (χ3v) is 4.05. The minimum absolute atomic E-state index is 0.0472. The number of carbonyl (C=O) groups is 1. The molecule has 0 saturated carbocycles. The van der Waals surface area contributed by atoms with Crippen molar-refractivity contribution in [2.75, 3.05) is 26.7 Å². The molecule has 0 aromatic rings. The summed E-state index contributed by atoms with van der Waals surface area (Å²) in [4.78, 5) is 17.0. The van der Waals surface area contributed by atoms with Crippen molar-refractivity contribution in [1.82, 2.24) is 15.1 Å².